The zero-order chi connectivity index (χ0) is 19.9. The van der Waals surface area contributed by atoms with Gasteiger partial charge in [0.05, 0.1) is 36.5 Å². The largest absolute Gasteiger partial charge is 0.379 e. The number of nitrogens with one attached hydrogen (secondary N) is 2. The van der Waals surface area contributed by atoms with Crippen LogP contribution in [0.1, 0.15) is 27.2 Å². The Morgan fingerprint density at radius 3 is 2.57 bits per heavy atom. The molecular formula is C20H28FN5OS. The summed E-state index contributed by atoms with van der Waals surface area (Å²) in [5.74, 6) is 0.524. The predicted octanol–water partition coefficient (Wildman–Crippen LogP) is 2.64. The van der Waals surface area contributed by atoms with Gasteiger partial charge in [0.2, 0.25) is 0 Å². The number of hydrogen-bond acceptors (Lipinski definition) is 5. The lowest BCUT2D eigenvalue weighted by Crippen LogP contribution is -2.46. The molecule has 6 nitrogen and oxygen atoms in total. The summed E-state index contributed by atoms with van der Waals surface area (Å²) in [7, 11) is 1.77. The van der Waals surface area contributed by atoms with Gasteiger partial charge in [0.1, 0.15) is 5.82 Å². The lowest BCUT2D eigenvalue weighted by atomic mass is 10.0. The number of halogens is 1. The molecule has 1 unspecified atom stereocenters. The van der Waals surface area contributed by atoms with Crippen molar-refractivity contribution in [3.63, 3.8) is 0 Å². The van der Waals surface area contributed by atoms with Crippen LogP contribution in [0, 0.1) is 19.7 Å². The van der Waals surface area contributed by atoms with Gasteiger partial charge in [-0.1, -0.05) is 12.1 Å². The number of ether oxygens (including phenoxy) is 1. The molecule has 0 bridgehead atoms. The van der Waals surface area contributed by atoms with Crippen LogP contribution in [-0.4, -0.2) is 55.7 Å². The third-order valence-corrected chi connectivity index (χ3v) is 5.92. The number of rotatable bonds is 6. The summed E-state index contributed by atoms with van der Waals surface area (Å²) in [5, 5.41) is 7.86. The van der Waals surface area contributed by atoms with E-state index in [1.165, 1.54) is 17.0 Å². The van der Waals surface area contributed by atoms with E-state index in [1.54, 1.807) is 18.4 Å². The summed E-state index contributed by atoms with van der Waals surface area (Å²) < 4.78 is 18.9. The van der Waals surface area contributed by atoms with E-state index in [0.717, 1.165) is 35.3 Å². The van der Waals surface area contributed by atoms with Gasteiger partial charge in [0, 0.05) is 31.6 Å². The van der Waals surface area contributed by atoms with Crippen molar-refractivity contribution in [3.05, 3.63) is 51.2 Å². The maximum Gasteiger partial charge on any atom is 0.191 e. The molecule has 1 fully saturated rings. The number of guanidine groups is 1. The van der Waals surface area contributed by atoms with Gasteiger partial charge >= 0.3 is 0 Å². The quantitative estimate of drug-likeness (QED) is 0.572. The molecule has 1 aromatic heterocycles. The molecule has 0 aliphatic carbocycles. The van der Waals surface area contributed by atoms with Crippen LogP contribution < -0.4 is 10.6 Å². The highest BCUT2D eigenvalue weighted by atomic mass is 32.1. The van der Waals surface area contributed by atoms with Crippen LogP contribution in [0.4, 0.5) is 4.39 Å². The minimum absolute atomic E-state index is 0.121. The SMILES string of the molecule is CN=C(NCc1sc(C)nc1C)NCC(c1ccc(F)cc1)N1CCOCC1. The molecule has 2 N–H and O–H groups in total. The van der Waals surface area contributed by atoms with E-state index in [0.29, 0.717) is 26.3 Å². The molecule has 1 saturated heterocycles. The molecule has 0 amide bonds. The summed E-state index contributed by atoms with van der Waals surface area (Å²) in [4.78, 5) is 12.4. The fourth-order valence-electron chi connectivity index (χ4n) is 3.35. The topological polar surface area (TPSA) is 61.8 Å². The first kappa shape index (κ1) is 20.7. The molecule has 2 aromatic rings. The van der Waals surface area contributed by atoms with Gasteiger partial charge in [-0.05, 0) is 31.5 Å². The average molecular weight is 406 g/mol. The Kier molecular flexibility index (Phi) is 7.36. The summed E-state index contributed by atoms with van der Waals surface area (Å²) in [5.41, 5.74) is 2.14. The first-order valence-electron chi connectivity index (χ1n) is 9.51. The lowest BCUT2D eigenvalue weighted by Gasteiger charge is -2.35. The summed E-state index contributed by atoms with van der Waals surface area (Å²) in [6, 6.07) is 6.87. The zero-order valence-corrected chi connectivity index (χ0v) is 17.5. The van der Waals surface area contributed by atoms with Crippen molar-refractivity contribution in [2.45, 2.75) is 26.4 Å². The van der Waals surface area contributed by atoms with Gasteiger partial charge in [-0.3, -0.25) is 9.89 Å². The number of thiazole rings is 1. The van der Waals surface area contributed by atoms with Gasteiger partial charge in [-0.2, -0.15) is 0 Å². The Balaban J connectivity index is 1.63. The number of aromatic nitrogens is 1. The summed E-state index contributed by atoms with van der Waals surface area (Å²) >= 11 is 1.70. The number of aryl methyl sites for hydroxylation is 2. The number of hydrogen-bond donors (Lipinski definition) is 2. The Morgan fingerprint density at radius 1 is 1.25 bits per heavy atom. The van der Waals surface area contributed by atoms with E-state index in [1.807, 2.05) is 26.0 Å². The average Bonchev–Trinajstić information content (AvgIpc) is 3.03. The Hall–Kier alpha value is -2.03. The molecule has 0 spiro atoms. The molecule has 1 aliphatic heterocycles. The fraction of sp³-hybridized carbons (Fsp3) is 0.500. The van der Waals surface area contributed by atoms with Gasteiger partial charge in [0.25, 0.3) is 0 Å². The van der Waals surface area contributed by atoms with Crippen LogP contribution >= 0.6 is 11.3 Å². The normalized spacial score (nSPS) is 16.8. The van der Waals surface area contributed by atoms with Crippen LogP contribution in [0.2, 0.25) is 0 Å². The molecular weight excluding hydrogens is 377 g/mol. The van der Waals surface area contributed by atoms with E-state index in [4.69, 9.17) is 4.74 Å². The highest BCUT2D eigenvalue weighted by molar-refractivity contribution is 7.11. The van der Waals surface area contributed by atoms with E-state index >= 15 is 0 Å². The molecule has 1 atom stereocenters. The molecule has 152 valence electrons. The van der Waals surface area contributed by atoms with Crippen LogP contribution in [0.5, 0.6) is 0 Å². The van der Waals surface area contributed by atoms with Crippen LogP contribution in [0.15, 0.2) is 29.3 Å². The Bertz CT molecular complexity index is 786. The summed E-state index contributed by atoms with van der Waals surface area (Å²) in [6.45, 7) is 8.55. The Labute approximate surface area is 169 Å². The molecule has 1 aliphatic rings. The molecule has 8 heteroatoms. The van der Waals surface area contributed by atoms with Gasteiger partial charge in [-0.15, -0.1) is 11.3 Å². The molecule has 0 saturated carbocycles. The number of nitrogens with zero attached hydrogens (tertiary/aromatic N) is 3. The molecule has 2 heterocycles. The minimum Gasteiger partial charge on any atom is -0.379 e. The molecule has 28 heavy (non-hydrogen) atoms. The third-order valence-electron chi connectivity index (χ3n) is 4.84. The smallest absolute Gasteiger partial charge is 0.191 e. The standard InChI is InChI=1S/C20H28FN5OS/c1-14-19(28-15(2)25-14)13-24-20(22-3)23-12-18(26-8-10-27-11-9-26)16-4-6-17(21)7-5-16/h4-7,18H,8-13H2,1-3H3,(H2,22,23,24). The molecule has 1 aromatic carbocycles. The van der Waals surface area contributed by atoms with E-state index in [-0.39, 0.29) is 11.9 Å². The van der Waals surface area contributed by atoms with E-state index in [2.05, 4.69) is 25.5 Å². The van der Waals surface area contributed by atoms with Gasteiger partial charge in [-0.25, -0.2) is 9.37 Å². The first-order chi connectivity index (χ1) is 13.6. The number of aliphatic imine (C=N–C) groups is 1. The van der Waals surface area contributed by atoms with Crippen molar-refractivity contribution in [2.75, 3.05) is 39.9 Å². The first-order valence-corrected chi connectivity index (χ1v) is 10.3. The highest BCUT2D eigenvalue weighted by Crippen LogP contribution is 2.22. The van der Waals surface area contributed by atoms with Crippen molar-refractivity contribution in [1.29, 1.82) is 0 Å². The van der Waals surface area contributed by atoms with Gasteiger partial charge < -0.3 is 15.4 Å². The number of benzene rings is 1. The molecule has 3 rings (SSSR count). The summed E-state index contributed by atoms with van der Waals surface area (Å²) in [6.07, 6.45) is 0. The monoisotopic (exact) mass is 405 g/mol. The maximum absolute atomic E-state index is 13.4. The van der Waals surface area contributed by atoms with Crippen molar-refractivity contribution in [3.8, 4) is 0 Å². The lowest BCUT2D eigenvalue weighted by molar-refractivity contribution is 0.0170. The third kappa shape index (κ3) is 5.50. The van der Waals surface area contributed by atoms with E-state index < -0.39 is 0 Å². The molecule has 0 radical (unpaired) electrons. The number of morpholine rings is 1. The van der Waals surface area contributed by atoms with Crippen LogP contribution in [-0.2, 0) is 11.3 Å². The minimum atomic E-state index is -0.217. The van der Waals surface area contributed by atoms with Crippen LogP contribution in [0.25, 0.3) is 0 Å². The van der Waals surface area contributed by atoms with Crippen molar-refractivity contribution in [1.82, 2.24) is 20.5 Å². The highest BCUT2D eigenvalue weighted by Gasteiger charge is 2.23. The van der Waals surface area contributed by atoms with Crippen molar-refractivity contribution < 1.29 is 9.13 Å². The fourth-order valence-corrected chi connectivity index (χ4v) is 4.22. The zero-order valence-electron chi connectivity index (χ0n) is 16.7. The maximum atomic E-state index is 13.4. The second-order valence-corrected chi connectivity index (χ2v) is 8.05. The van der Waals surface area contributed by atoms with E-state index in [9.17, 15) is 4.39 Å². The Morgan fingerprint density at radius 2 is 1.96 bits per heavy atom. The predicted molar refractivity (Wildman–Crippen MR) is 111 cm³/mol. The van der Waals surface area contributed by atoms with Gasteiger partial charge in [0.15, 0.2) is 5.96 Å². The van der Waals surface area contributed by atoms with Crippen molar-refractivity contribution >= 4 is 17.3 Å². The van der Waals surface area contributed by atoms with Crippen molar-refractivity contribution in [2.24, 2.45) is 4.99 Å². The second kappa shape index (κ2) is 9.95. The van der Waals surface area contributed by atoms with Crippen LogP contribution in [0.3, 0.4) is 0 Å². The second-order valence-electron chi connectivity index (χ2n) is 6.76.